The van der Waals surface area contributed by atoms with Crippen molar-refractivity contribution in [2.75, 3.05) is 6.54 Å². The van der Waals surface area contributed by atoms with Crippen molar-refractivity contribution >= 4 is 10.0 Å². The second kappa shape index (κ2) is 4.72. The molecule has 1 rings (SSSR count). The van der Waals surface area contributed by atoms with E-state index in [0.29, 0.717) is 5.56 Å². The molecule has 0 aliphatic rings. The molecule has 1 aromatic carbocycles. The molecule has 0 heterocycles. The Kier molecular flexibility index (Phi) is 3.91. The summed E-state index contributed by atoms with van der Waals surface area (Å²) in [6.07, 6.45) is 0. The third kappa shape index (κ3) is 3.76. The van der Waals surface area contributed by atoms with Gasteiger partial charge in [0.15, 0.2) is 0 Å². The van der Waals surface area contributed by atoms with Gasteiger partial charge in [-0.25, -0.2) is 17.5 Å². The summed E-state index contributed by atoms with van der Waals surface area (Å²) in [6, 6.07) is 4.25. The molecule has 96 valence electrons. The van der Waals surface area contributed by atoms with E-state index < -0.39 is 21.4 Å². The molecule has 0 aliphatic carbocycles. The minimum atomic E-state index is -3.85. The topological polar surface area (TPSA) is 72.2 Å². The van der Waals surface area contributed by atoms with E-state index in [2.05, 4.69) is 4.72 Å². The molecule has 0 fully saturated rings. The van der Waals surface area contributed by atoms with E-state index in [-0.39, 0.29) is 11.4 Å². The van der Waals surface area contributed by atoms with Gasteiger partial charge in [-0.3, -0.25) is 0 Å². The van der Waals surface area contributed by atoms with Crippen molar-refractivity contribution in [1.29, 1.82) is 0 Å². The Bertz CT molecular complexity index is 507. The predicted molar refractivity (Wildman–Crippen MR) is 64.6 cm³/mol. The van der Waals surface area contributed by atoms with Gasteiger partial charge in [0, 0.05) is 12.1 Å². The average Bonchev–Trinajstić information content (AvgIpc) is 2.18. The number of hydrogen-bond acceptors (Lipinski definition) is 3. The van der Waals surface area contributed by atoms with Crippen molar-refractivity contribution in [1.82, 2.24) is 4.72 Å². The summed E-state index contributed by atoms with van der Waals surface area (Å²) in [5.41, 5.74) is 5.27. The normalized spacial score (nSPS) is 12.8. The van der Waals surface area contributed by atoms with E-state index in [4.69, 9.17) is 5.73 Å². The minimum Gasteiger partial charge on any atom is -0.324 e. The van der Waals surface area contributed by atoms with Crippen molar-refractivity contribution in [3.05, 3.63) is 29.6 Å². The van der Waals surface area contributed by atoms with Crippen LogP contribution in [0.5, 0.6) is 0 Å². The fourth-order valence-corrected chi connectivity index (χ4v) is 2.56. The number of benzene rings is 1. The first-order chi connectivity index (χ1) is 7.63. The summed E-state index contributed by atoms with van der Waals surface area (Å²) in [5.74, 6) is -0.727. The van der Waals surface area contributed by atoms with Crippen molar-refractivity contribution in [2.45, 2.75) is 31.2 Å². The number of hydrogen-bond donors (Lipinski definition) is 2. The highest BCUT2D eigenvalue weighted by Crippen LogP contribution is 2.17. The lowest BCUT2D eigenvalue weighted by Crippen LogP contribution is -2.45. The van der Waals surface area contributed by atoms with Gasteiger partial charge >= 0.3 is 0 Å². The van der Waals surface area contributed by atoms with Crippen LogP contribution in [-0.2, 0) is 10.0 Å². The molecule has 6 heteroatoms. The maximum absolute atomic E-state index is 13.7. The smallest absolute Gasteiger partial charge is 0.243 e. The quantitative estimate of drug-likeness (QED) is 0.853. The zero-order chi connectivity index (χ0) is 13.3. The largest absolute Gasteiger partial charge is 0.324 e. The van der Waals surface area contributed by atoms with Gasteiger partial charge in [-0.2, -0.15) is 0 Å². The van der Waals surface area contributed by atoms with E-state index in [1.165, 1.54) is 25.1 Å². The second-order valence-electron chi connectivity index (χ2n) is 4.70. The third-order valence-electron chi connectivity index (χ3n) is 2.16. The molecule has 0 aliphatic heterocycles. The number of sulfonamides is 1. The van der Waals surface area contributed by atoms with Gasteiger partial charge in [-0.1, -0.05) is 12.1 Å². The standard InChI is InChI=1S/C11H17FN2O2S/c1-8-5-4-6-9(10(8)12)17(15,16)14-7-11(2,3)13/h4-6,14H,7,13H2,1-3H3. The zero-order valence-corrected chi connectivity index (χ0v) is 10.9. The second-order valence-corrected chi connectivity index (χ2v) is 6.44. The molecule has 0 radical (unpaired) electrons. The monoisotopic (exact) mass is 260 g/mol. The molecule has 4 nitrogen and oxygen atoms in total. The first-order valence-corrected chi connectivity index (χ1v) is 6.65. The summed E-state index contributed by atoms with van der Waals surface area (Å²) in [4.78, 5) is -0.346. The van der Waals surface area contributed by atoms with Crippen LogP contribution in [0.3, 0.4) is 0 Å². The molecular formula is C11H17FN2O2S. The van der Waals surface area contributed by atoms with E-state index in [0.717, 1.165) is 0 Å². The van der Waals surface area contributed by atoms with Crippen LogP contribution in [0, 0.1) is 12.7 Å². The Hall–Kier alpha value is -0.980. The fraction of sp³-hybridized carbons (Fsp3) is 0.455. The number of nitrogens with one attached hydrogen (secondary N) is 1. The molecule has 0 spiro atoms. The zero-order valence-electron chi connectivity index (χ0n) is 10.1. The molecular weight excluding hydrogens is 243 g/mol. The lowest BCUT2D eigenvalue weighted by Gasteiger charge is -2.19. The Morgan fingerprint density at radius 3 is 2.53 bits per heavy atom. The summed E-state index contributed by atoms with van der Waals surface area (Å²) in [5, 5.41) is 0. The summed E-state index contributed by atoms with van der Waals surface area (Å²) < 4.78 is 39.6. The van der Waals surface area contributed by atoms with Crippen molar-refractivity contribution in [2.24, 2.45) is 5.73 Å². The van der Waals surface area contributed by atoms with Crippen molar-refractivity contribution < 1.29 is 12.8 Å². The summed E-state index contributed by atoms with van der Waals surface area (Å²) >= 11 is 0. The SMILES string of the molecule is Cc1cccc(S(=O)(=O)NCC(C)(C)N)c1F. The first kappa shape index (κ1) is 14.1. The molecule has 0 aromatic heterocycles. The highest BCUT2D eigenvalue weighted by molar-refractivity contribution is 7.89. The lowest BCUT2D eigenvalue weighted by atomic mass is 10.1. The molecule has 17 heavy (non-hydrogen) atoms. The molecule has 0 unspecified atom stereocenters. The van der Waals surface area contributed by atoms with Gasteiger partial charge in [-0.15, -0.1) is 0 Å². The van der Waals surface area contributed by atoms with Crippen molar-refractivity contribution in [3.63, 3.8) is 0 Å². The maximum Gasteiger partial charge on any atom is 0.243 e. The lowest BCUT2D eigenvalue weighted by molar-refractivity contribution is 0.494. The summed E-state index contributed by atoms with van der Waals surface area (Å²) in [6.45, 7) is 4.92. The van der Waals surface area contributed by atoms with Crippen LogP contribution in [0.25, 0.3) is 0 Å². The van der Waals surface area contributed by atoms with Crippen LogP contribution in [0.4, 0.5) is 4.39 Å². The number of rotatable bonds is 4. The Morgan fingerprint density at radius 2 is 2.00 bits per heavy atom. The molecule has 0 saturated carbocycles. The molecule has 0 amide bonds. The Morgan fingerprint density at radius 1 is 1.41 bits per heavy atom. The van der Waals surface area contributed by atoms with Crippen LogP contribution in [0.15, 0.2) is 23.1 Å². The van der Waals surface area contributed by atoms with Crippen molar-refractivity contribution in [3.8, 4) is 0 Å². The first-order valence-electron chi connectivity index (χ1n) is 5.17. The Labute approximate surface area is 101 Å². The van der Waals surface area contributed by atoms with Crippen LogP contribution in [0.2, 0.25) is 0 Å². The Balaban J connectivity index is 3.02. The number of halogens is 1. The average molecular weight is 260 g/mol. The molecule has 1 aromatic rings. The van der Waals surface area contributed by atoms with E-state index in [1.807, 2.05) is 0 Å². The number of aryl methyl sites for hydroxylation is 1. The van der Waals surface area contributed by atoms with Gasteiger partial charge in [0.05, 0.1) is 0 Å². The highest BCUT2D eigenvalue weighted by Gasteiger charge is 2.22. The van der Waals surface area contributed by atoms with Gasteiger partial charge in [-0.05, 0) is 32.4 Å². The van der Waals surface area contributed by atoms with Crippen LogP contribution < -0.4 is 10.5 Å². The van der Waals surface area contributed by atoms with Crippen LogP contribution >= 0.6 is 0 Å². The van der Waals surface area contributed by atoms with Crippen LogP contribution in [0.1, 0.15) is 19.4 Å². The van der Waals surface area contributed by atoms with E-state index >= 15 is 0 Å². The maximum atomic E-state index is 13.7. The predicted octanol–water partition coefficient (Wildman–Crippen LogP) is 1.15. The molecule has 3 N–H and O–H groups in total. The number of nitrogens with two attached hydrogens (primary N) is 1. The van der Waals surface area contributed by atoms with Gasteiger partial charge in [0.1, 0.15) is 10.7 Å². The van der Waals surface area contributed by atoms with Gasteiger partial charge in [0.25, 0.3) is 0 Å². The highest BCUT2D eigenvalue weighted by atomic mass is 32.2. The summed E-state index contributed by atoms with van der Waals surface area (Å²) in [7, 11) is -3.85. The third-order valence-corrected chi connectivity index (χ3v) is 3.58. The van der Waals surface area contributed by atoms with E-state index in [1.54, 1.807) is 13.8 Å². The fourth-order valence-electron chi connectivity index (χ4n) is 1.19. The minimum absolute atomic E-state index is 0.0444. The van der Waals surface area contributed by atoms with Crippen LogP contribution in [-0.4, -0.2) is 20.5 Å². The van der Waals surface area contributed by atoms with Gasteiger partial charge < -0.3 is 5.73 Å². The van der Waals surface area contributed by atoms with Gasteiger partial charge in [0.2, 0.25) is 10.0 Å². The molecule has 0 bridgehead atoms. The molecule has 0 saturated heterocycles. The van der Waals surface area contributed by atoms with E-state index in [9.17, 15) is 12.8 Å². The molecule has 0 atom stereocenters.